The molecule has 1 aliphatic heterocycles. The van der Waals surface area contributed by atoms with Gasteiger partial charge in [-0.3, -0.25) is 9.59 Å². The summed E-state index contributed by atoms with van der Waals surface area (Å²) in [5, 5.41) is 4.59. The van der Waals surface area contributed by atoms with Gasteiger partial charge < -0.3 is 10.2 Å². The Hall–Kier alpha value is -3.35. The van der Waals surface area contributed by atoms with Crippen molar-refractivity contribution in [3.8, 4) is 0 Å². The van der Waals surface area contributed by atoms with Crippen LogP contribution in [0.5, 0.6) is 0 Å². The molecule has 1 saturated heterocycles. The topological polar surface area (TPSA) is 49.4 Å². The molecule has 0 aliphatic carbocycles. The number of halogens is 3. The summed E-state index contributed by atoms with van der Waals surface area (Å²) in [5.74, 6) is -1.70. The van der Waals surface area contributed by atoms with Gasteiger partial charge in [0, 0.05) is 17.9 Å². The molecule has 0 bridgehead atoms. The highest BCUT2D eigenvalue weighted by Crippen LogP contribution is 2.31. The summed E-state index contributed by atoms with van der Waals surface area (Å²) in [4.78, 5) is 26.9. The van der Waals surface area contributed by atoms with Crippen molar-refractivity contribution >= 4 is 34.0 Å². The van der Waals surface area contributed by atoms with E-state index in [1.165, 1.54) is 12.1 Å². The number of rotatable bonds is 3. The predicted octanol–water partition coefficient (Wildman–Crippen LogP) is 4.85. The number of carbonyl (C=O) groups is 2. The Bertz CT molecular complexity index is 1080. The summed E-state index contributed by atoms with van der Waals surface area (Å²) in [6.45, 7) is 0.405. The lowest BCUT2D eigenvalue weighted by molar-refractivity contribution is -0.137. The van der Waals surface area contributed by atoms with Crippen molar-refractivity contribution in [2.75, 3.05) is 16.8 Å². The molecule has 0 aromatic heterocycles. The first-order chi connectivity index (χ1) is 13.8. The number of carbonyl (C=O) groups excluding carboxylic acids is 2. The van der Waals surface area contributed by atoms with Gasteiger partial charge in [-0.05, 0) is 53.6 Å². The second kappa shape index (κ2) is 7.24. The Morgan fingerprint density at radius 3 is 2.34 bits per heavy atom. The Kier molecular flexibility index (Phi) is 4.74. The first-order valence-electron chi connectivity index (χ1n) is 9.11. The monoisotopic (exact) mass is 398 g/mol. The summed E-state index contributed by atoms with van der Waals surface area (Å²) in [6, 6.07) is 17.6. The van der Waals surface area contributed by atoms with E-state index in [2.05, 4.69) is 5.32 Å². The van der Waals surface area contributed by atoms with E-state index in [0.29, 0.717) is 13.0 Å². The SMILES string of the molecule is O=C(Nc1ccc(C(F)(F)F)cc1)[C@@H]1CCN(c2ccc3ccccc3c2)C1=O. The molecule has 148 valence electrons. The molecule has 1 fully saturated rings. The Labute approximate surface area is 164 Å². The molecule has 1 N–H and O–H groups in total. The highest BCUT2D eigenvalue weighted by atomic mass is 19.4. The third-order valence-corrected chi connectivity index (χ3v) is 5.05. The van der Waals surface area contributed by atoms with Crippen LogP contribution in [0.25, 0.3) is 10.8 Å². The highest BCUT2D eigenvalue weighted by Gasteiger charge is 2.38. The van der Waals surface area contributed by atoms with Crippen molar-refractivity contribution in [1.82, 2.24) is 0 Å². The number of fused-ring (bicyclic) bond motifs is 1. The number of hydrogen-bond acceptors (Lipinski definition) is 2. The predicted molar refractivity (Wildman–Crippen MR) is 104 cm³/mol. The molecule has 3 aromatic carbocycles. The number of benzene rings is 3. The molecule has 4 rings (SSSR count). The third-order valence-electron chi connectivity index (χ3n) is 5.05. The fraction of sp³-hybridized carbons (Fsp3) is 0.182. The van der Waals surface area contributed by atoms with Gasteiger partial charge in [-0.2, -0.15) is 13.2 Å². The molecule has 3 aromatic rings. The van der Waals surface area contributed by atoms with Crippen molar-refractivity contribution < 1.29 is 22.8 Å². The van der Waals surface area contributed by atoms with Crippen molar-refractivity contribution in [3.05, 3.63) is 72.3 Å². The van der Waals surface area contributed by atoms with Gasteiger partial charge >= 0.3 is 6.18 Å². The minimum atomic E-state index is -4.44. The number of alkyl halides is 3. The molecule has 7 heteroatoms. The normalized spacial score (nSPS) is 17.0. The van der Waals surface area contributed by atoms with Gasteiger partial charge in [-0.1, -0.05) is 30.3 Å². The van der Waals surface area contributed by atoms with E-state index in [1.54, 1.807) is 4.90 Å². The summed E-state index contributed by atoms with van der Waals surface area (Å²) in [7, 11) is 0. The van der Waals surface area contributed by atoms with Crippen LogP contribution in [-0.4, -0.2) is 18.4 Å². The van der Waals surface area contributed by atoms with Crippen LogP contribution in [0.2, 0.25) is 0 Å². The average molecular weight is 398 g/mol. The minimum Gasteiger partial charge on any atom is -0.325 e. The number of nitrogens with zero attached hydrogens (tertiary/aromatic N) is 1. The molecule has 1 atom stereocenters. The van der Waals surface area contributed by atoms with Gasteiger partial charge in [0.25, 0.3) is 0 Å². The molecule has 0 unspecified atom stereocenters. The number of amides is 2. The van der Waals surface area contributed by atoms with E-state index in [1.807, 2.05) is 42.5 Å². The van der Waals surface area contributed by atoms with Crippen LogP contribution in [-0.2, 0) is 15.8 Å². The zero-order valence-corrected chi connectivity index (χ0v) is 15.2. The largest absolute Gasteiger partial charge is 0.416 e. The first kappa shape index (κ1) is 19.0. The highest BCUT2D eigenvalue weighted by molar-refractivity contribution is 6.13. The molecule has 0 radical (unpaired) electrons. The van der Waals surface area contributed by atoms with Gasteiger partial charge in [0.15, 0.2) is 0 Å². The van der Waals surface area contributed by atoms with Crippen LogP contribution >= 0.6 is 0 Å². The Balaban J connectivity index is 1.47. The van der Waals surface area contributed by atoms with Gasteiger partial charge in [0.2, 0.25) is 11.8 Å². The van der Waals surface area contributed by atoms with Crippen LogP contribution in [0.4, 0.5) is 24.5 Å². The lowest BCUT2D eigenvalue weighted by Gasteiger charge is -2.17. The standard InChI is InChI=1S/C22H17F3N2O2/c23-22(24,25)16-6-8-17(9-7-16)26-20(28)19-11-12-27(21(19)29)18-10-5-14-3-1-2-4-15(14)13-18/h1-10,13,19H,11-12H2,(H,26,28)/t19-/m0/s1. The Morgan fingerprint density at radius 1 is 0.966 bits per heavy atom. The maximum absolute atomic E-state index is 12.8. The fourth-order valence-electron chi connectivity index (χ4n) is 3.50. The van der Waals surface area contributed by atoms with Crippen LogP contribution in [0.3, 0.4) is 0 Å². The fourth-order valence-corrected chi connectivity index (χ4v) is 3.50. The number of nitrogens with one attached hydrogen (secondary N) is 1. The molecular weight excluding hydrogens is 381 g/mol. The van der Waals surface area contributed by atoms with Gasteiger partial charge in [0.05, 0.1) is 5.56 Å². The summed E-state index contributed by atoms with van der Waals surface area (Å²) < 4.78 is 37.9. The van der Waals surface area contributed by atoms with Crippen LogP contribution < -0.4 is 10.2 Å². The van der Waals surface area contributed by atoms with E-state index >= 15 is 0 Å². The lowest BCUT2D eigenvalue weighted by Crippen LogP contribution is -2.33. The quantitative estimate of drug-likeness (QED) is 0.641. The van der Waals surface area contributed by atoms with Crippen molar-refractivity contribution in [1.29, 1.82) is 0 Å². The summed E-state index contributed by atoms with van der Waals surface area (Å²) >= 11 is 0. The van der Waals surface area contributed by atoms with E-state index in [0.717, 1.165) is 28.6 Å². The van der Waals surface area contributed by atoms with Crippen molar-refractivity contribution in [2.45, 2.75) is 12.6 Å². The molecule has 2 amide bonds. The lowest BCUT2D eigenvalue weighted by atomic mass is 10.1. The van der Waals surface area contributed by atoms with E-state index < -0.39 is 23.6 Å². The molecule has 1 heterocycles. The summed E-state index contributed by atoms with van der Waals surface area (Å²) in [6.07, 6.45) is -4.09. The van der Waals surface area contributed by atoms with Crippen LogP contribution in [0, 0.1) is 5.92 Å². The molecule has 0 spiro atoms. The number of hydrogen-bond donors (Lipinski definition) is 1. The molecule has 29 heavy (non-hydrogen) atoms. The average Bonchev–Trinajstić information content (AvgIpc) is 3.09. The van der Waals surface area contributed by atoms with E-state index in [-0.39, 0.29) is 11.6 Å². The van der Waals surface area contributed by atoms with E-state index in [4.69, 9.17) is 0 Å². The maximum Gasteiger partial charge on any atom is 0.416 e. The maximum atomic E-state index is 12.8. The van der Waals surface area contributed by atoms with Crippen LogP contribution in [0.1, 0.15) is 12.0 Å². The minimum absolute atomic E-state index is 0.222. The van der Waals surface area contributed by atoms with Crippen molar-refractivity contribution in [2.24, 2.45) is 5.92 Å². The first-order valence-corrected chi connectivity index (χ1v) is 9.11. The second-order valence-corrected chi connectivity index (χ2v) is 6.93. The smallest absolute Gasteiger partial charge is 0.325 e. The van der Waals surface area contributed by atoms with Gasteiger partial charge in [0.1, 0.15) is 5.92 Å². The third kappa shape index (κ3) is 3.81. The van der Waals surface area contributed by atoms with Gasteiger partial charge in [-0.15, -0.1) is 0 Å². The summed E-state index contributed by atoms with van der Waals surface area (Å²) in [5.41, 5.74) is 0.147. The number of anilines is 2. The molecule has 0 saturated carbocycles. The molecular formula is C22H17F3N2O2. The molecule has 1 aliphatic rings. The zero-order valence-electron chi connectivity index (χ0n) is 15.2. The zero-order chi connectivity index (χ0) is 20.6. The second-order valence-electron chi connectivity index (χ2n) is 6.93. The van der Waals surface area contributed by atoms with Gasteiger partial charge in [-0.25, -0.2) is 0 Å². The Morgan fingerprint density at radius 2 is 1.66 bits per heavy atom. The van der Waals surface area contributed by atoms with E-state index in [9.17, 15) is 22.8 Å². The molecule has 4 nitrogen and oxygen atoms in total. The van der Waals surface area contributed by atoms with Crippen molar-refractivity contribution in [3.63, 3.8) is 0 Å². The van der Waals surface area contributed by atoms with Crippen LogP contribution in [0.15, 0.2) is 66.7 Å².